The van der Waals surface area contributed by atoms with Gasteiger partial charge in [-0.15, -0.1) is 0 Å². The van der Waals surface area contributed by atoms with E-state index in [1.165, 1.54) is 55.7 Å². The van der Waals surface area contributed by atoms with Crippen molar-refractivity contribution in [2.75, 3.05) is 0 Å². The topological polar surface area (TPSA) is 0 Å². The first-order valence-electron chi connectivity index (χ1n) is 9.99. The minimum Gasteiger partial charge on any atom is -0.0447 e. The number of hydrogen-bond donors (Lipinski definition) is 0. The summed E-state index contributed by atoms with van der Waals surface area (Å²) in [6.45, 7) is 23.5. The van der Waals surface area contributed by atoms with E-state index in [-0.39, 0.29) is 0 Å². The van der Waals surface area contributed by atoms with E-state index in [0.29, 0.717) is 11.8 Å². The molecule has 0 aliphatic heterocycles. The molecular weight excluding hydrogens is 312 g/mol. The van der Waals surface area contributed by atoms with Gasteiger partial charge in [0, 0.05) is 11.8 Å². The fourth-order valence-corrected chi connectivity index (χ4v) is 6.12. The zero-order valence-electron chi connectivity index (χ0n) is 18.2. The summed E-state index contributed by atoms with van der Waals surface area (Å²) in [6.07, 6.45) is 0. The largest absolute Gasteiger partial charge is 0.0447 e. The molecule has 0 spiro atoms. The molecule has 0 aromatic heterocycles. The summed E-state index contributed by atoms with van der Waals surface area (Å²) in [4.78, 5) is 0. The van der Waals surface area contributed by atoms with Crippen LogP contribution in [0.1, 0.15) is 69.2 Å². The van der Waals surface area contributed by atoms with E-state index in [1.807, 2.05) is 0 Å². The average molecular weight is 345 g/mol. The fourth-order valence-electron chi connectivity index (χ4n) is 6.12. The third-order valence-corrected chi connectivity index (χ3v) is 8.18. The van der Waals surface area contributed by atoms with Crippen molar-refractivity contribution in [3.05, 3.63) is 78.0 Å². The van der Waals surface area contributed by atoms with Crippen molar-refractivity contribution in [1.82, 2.24) is 0 Å². The van der Waals surface area contributed by atoms with Crippen LogP contribution in [0.2, 0.25) is 0 Å². The van der Waals surface area contributed by atoms with E-state index >= 15 is 0 Å². The second-order valence-corrected chi connectivity index (χ2v) is 8.86. The minimum atomic E-state index is 0.508. The lowest BCUT2D eigenvalue weighted by Gasteiger charge is -2.50. The Labute approximate surface area is 159 Å². The summed E-state index contributed by atoms with van der Waals surface area (Å²) < 4.78 is 0. The molecule has 0 amide bonds. The first-order chi connectivity index (χ1) is 12.1. The van der Waals surface area contributed by atoms with Crippen LogP contribution in [-0.4, -0.2) is 0 Å². The highest BCUT2D eigenvalue weighted by molar-refractivity contribution is 5.74. The lowest BCUT2D eigenvalue weighted by Crippen LogP contribution is -2.37. The molecular formula is C26H32. The molecule has 4 rings (SSSR count). The van der Waals surface area contributed by atoms with Gasteiger partial charge >= 0.3 is 0 Å². The number of rotatable bonds is 0. The van der Waals surface area contributed by atoms with Crippen molar-refractivity contribution in [2.45, 2.75) is 69.2 Å². The van der Waals surface area contributed by atoms with Gasteiger partial charge in [-0.25, -0.2) is 0 Å². The van der Waals surface area contributed by atoms with Gasteiger partial charge < -0.3 is 0 Å². The Morgan fingerprint density at radius 2 is 0.462 bits per heavy atom. The highest BCUT2D eigenvalue weighted by atomic mass is 14.5. The molecule has 0 radical (unpaired) electrons. The van der Waals surface area contributed by atoms with Crippen LogP contribution in [0, 0.1) is 11.8 Å². The predicted octanol–water partition coefficient (Wildman–Crippen LogP) is 7.55. The van der Waals surface area contributed by atoms with Crippen molar-refractivity contribution >= 4 is 0 Å². The molecule has 0 aromatic rings. The van der Waals surface area contributed by atoms with E-state index in [4.69, 9.17) is 0 Å². The molecule has 0 saturated carbocycles. The fraction of sp³-hybridized carbons (Fsp3) is 0.462. The minimum absolute atomic E-state index is 0.508. The molecule has 0 heterocycles. The quantitative estimate of drug-likeness (QED) is 0.425. The summed E-state index contributed by atoms with van der Waals surface area (Å²) in [6, 6.07) is 0. The molecule has 0 heteroatoms. The predicted molar refractivity (Wildman–Crippen MR) is 113 cm³/mol. The van der Waals surface area contributed by atoms with Crippen molar-refractivity contribution in [3.8, 4) is 0 Å². The lowest BCUT2D eigenvalue weighted by molar-refractivity contribution is 0.513. The van der Waals surface area contributed by atoms with Crippen molar-refractivity contribution in [3.63, 3.8) is 0 Å². The van der Waals surface area contributed by atoms with Gasteiger partial charge in [-0.05, 0) is 147 Å². The standard InChI is InChI=1S/C26H32/c1-11-13(3)21-17(7)19(9)23-15(5)12(2)16(6)24-20(10)18(8)22(14(11)4)25(21)26(23)24/h25-26H,1-10H3. The summed E-state index contributed by atoms with van der Waals surface area (Å²) in [5, 5.41) is 0. The van der Waals surface area contributed by atoms with E-state index in [9.17, 15) is 0 Å². The highest BCUT2D eigenvalue weighted by Crippen LogP contribution is 2.61. The second kappa shape index (κ2) is 5.35. The molecule has 0 bridgehead atoms. The van der Waals surface area contributed by atoms with E-state index in [2.05, 4.69) is 69.2 Å². The van der Waals surface area contributed by atoms with Gasteiger partial charge in [-0.3, -0.25) is 0 Å². The Bertz CT molecular complexity index is 920. The first kappa shape index (κ1) is 17.6. The Morgan fingerprint density at radius 1 is 0.269 bits per heavy atom. The van der Waals surface area contributed by atoms with Crippen LogP contribution in [-0.2, 0) is 0 Å². The van der Waals surface area contributed by atoms with Crippen LogP contribution >= 0.6 is 0 Å². The summed E-state index contributed by atoms with van der Waals surface area (Å²) in [7, 11) is 0. The second-order valence-electron chi connectivity index (χ2n) is 8.86. The van der Waals surface area contributed by atoms with Crippen LogP contribution in [0.5, 0.6) is 0 Å². The molecule has 0 aromatic carbocycles. The average Bonchev–Trinajstić information content (AvgIpc) is 2.60. The molecule has 0 N–H and O–H groups in total. The third kappa shape index (κ3) is 1.81. The van der Waals surface area contributed by atoms with Gasteiger partial charge in [0.15, 0.2) is 0 Å². The zero-order valence-corrected chi connectivity index (χ0v) is 18.2. The third-order valence-electron chi connectivity index (χ3n) is 8.18. The van der Waals surface area contributed by atoms with Gasteiger partial charge in [0.25, 0.3) is 0 Å². The van der Waals surface area contributed by atoms with Crippen LogP contribution in [0.15, 0.2) is 78.0 Å². The van der Waals surface area contributed by atoms with E-state index < -0.39 is 0 Å². The Balaban J connectivity index is 2.25. The lowest BCUT2D eigenvalue weighted by atomic mass is 9.53. The maximum Gasteiger partial charge on any atom is 0.0210 e. The molecule has 26 heavy (non-hydrogen) atoms. The summed E-state index contributed by atoms with van der Waals surface area (Å²) >= 11 is 0. The van der Waals surface area contributed by atoms with Crippen LogP contribution in [0.3, 0.4) is 0 Å². The number of allylic oxidation sites excluding steroid dienone is 14. The molecule has 0 fully saturated rings. The Hall–Kier alpha value is -1.82. The molecule has 0 saturated heterocycles. The maximum absolute atomic E-state index is 2.36. The maximum atomic E-state index is 2.36. The smallest absolute Gasteiger partial charge is 0.0210 e. The van der Waals surface area contributed by atoms with Crippen LogP contribution in [0.25, 0.3) is 0 Å². The van der Waals surface area contributed by atoms with Gasteiger partial charge in [-0.1, -0.05) is 0 Å². The van der Waals surface area contributed by atoms with Crippen LogP contribution < -0.4 is 0 Å². The molecule has 2 atom stereocenters. The van der Waals surface area contributed by atoms with Gasteiger partial charge in [0.1, 0.15) is 0 Å². The molecule has 136 valence electrons. The molecule has 0 nitrogen and oxygen atoms in total. The monoisotopic (exact) mass is 344 g/mol. The summed E-state index contributed by atoms with van der Waals surface area (Å²) in [5.41, 5.74) is 21.5. The van der Waals surface area contributed by atoms with Gasteiger partial charge in [0.05, 0.1) is 0 Å². The Kier molecular flexibility index (Phi) is 3.62. The first-order valence-corrected chi connectivity index (χ1v) is 9.99. The normalized spacial score (nSPS) is 28.8. The molecule has 4 aliphatic carbocycles. The SMILES string of the molecule is CC1=C(C)C2=C(C)C(C)=C3C(C)=C(C)C(C)=C4C(C)=C(C)C(=C1C)C2C43. The van der Waals surface area contributed by atoms with Crippen molar-refractivity contribution < 1.29 is 0 Å². The van der Waals surface area contributed by atoms with Crippen molar-refractivity contribution in [2.24, 2.45) is 11.8 Å². The number of hydrogen-bond acceptors (Lipinski definition) is 0. The van der Waals surface area contributed by atoms with Crippen molar-refractivity contribution in [1.29, 1.82) is 0 Å². The highest BCUT2D eigenvalue weighted by Gasteiger charge is 2.48. The molecule has 4 aliphatic rings. The van der Waals surface area contributed by atoms with Gasteiger partial charge in [-0.2, -0.15) is 0 Å². The van der Waals surface area contributed by atoms with Crippen LogP contribution in [0.4, 0.5) is 0 Å². The van der Waals surface area contributed by atoms with E-state index in [1.54, 1.807) is 22.3 Å². The zero-order chi connectivity index (χ0) is 19.2. The van der Waals surface area contributed by atoms with E-state index in [0.717, 1.165) is 0 Å². The summed E-state index contributed by atoms with van der Waals surface area (Å²) in [5.74, 6) is 1.02. The Morgan fingerprint density at radius 3 is 0.731 bits per heavy atom. The molecule has 2 unspecified atom stereocenters. The van der Waals surface area contributed by atoms with Gasteiger partial charge in [0.2, 0.25) is 0 Å².